The van der Waals surface area contributed by atoms with Crippen molar-refractivity contribution in [3.63, 3.8) is 0 Å². The molecule has 0 aromatic heterocycles. The Hall–Kier alpha value is -0.420. The van der Waals surface area contributed by atoms with Gasteiger partial charge in [0, 0.05) is 0 Å². The maximum absolute atomic E-state index is 12.0. The van der Waals surface area contributed by atoms with Crippen molar-refractivity contribution < 1.29 is 23.4 Å². The van der Waals surface area contributed by atoms with Gasteiger partial charge in [-0.2, -0.15) is 8.78 Å². The fourth-order valence-electron chi connectivity index (χ4n) is 0.494. The normalized spacial score (nSPS) is 14.1. The van der Waals surface area contributed by atoms with Crippen molar-refractivity contribution in [1.29, 1.82) is 0 Å². The number of halogens is 3. The van der Waals surface area contributed by atoms with Gasteiger partial charge in [0.1, 0.15) is 6.10 Å². The first-order valence-corrected chi connectivity index (χ1v) is 3.66. The van der Waals surface area contributed by atoms with Crippen molar-refractivity contribution in [2.45, 2.75) is 24.8 Å². The molecule has 0 aliphatic carbocycles. The Bertz CT molecular complexity index is 157. The molecule has 0 spiro atoms. The van der Waals surface area contributed by atoms with E-state index in [1.54, 1.807) is 0 Å². The molecule has 0 amide bonds. The summed E-state index contributed by atoms with van der Waals surface area (Å²) >= 11 is 4.44. The zero-order valence-electron chi connectivity index (χ0n) is 6.39. The lowest BCUT2D eigenvalue weighted by Crippen LogP contribution is -2.30. The Morgan fingerprint density at radius 2 is 2.25 bits per heavy atom. The molecule has 0 bridgehead atoms. The van der Waals surface area contributed by atoms with Crippen LogP contribution in [-0.2, 0) is 9.53 Å². The molecule has 0 saturated carbocycles. The third-order valence-electron chi connectivity index (χ3n) is 1.04. The minimum atomic E-state index is -3.78. The Morgan fingerprint density at radius 1 is 1.75 bits per heavy atom. The average Bonchev–Trinajstić information content (AvgIpc) is 1.85. The van der Waals surface area contributed by atoms with E-state index in [1.807, 2.05) is 0 Å². The van der Waals surface area contributed by atoms with Crippen molar-refractivity contribution in [2.24, 2.45) is 0 Å². The Kier molecular flexibility index (Phi) is 4.41. The van der Waals surface area contributed by atoms with Crippen LogP contribution in [-0.4, -0.2) is 29.2 Å². The SMILES string of the molecule is CCOC(=O)C[C@@H](O)C(F)(F)Cl. The van der Waals surface area contributed by atoms with Gasteiger partial charge in [-0.3, -0.25) is 4.79 Å². The summed E-state index contributed by atoms with van der Waals surface area (Å²) in [6.45, 7) is 1.61. The second kappa shape index (κ2) is 4.57. The van der Waals surface area contributed by atoms with Crippen molar-refractivity contribution in [2.75, 3.05) is 6.61 Å². The van der Waals surface area contributed by atoms with Crippen molar-refractivity contribution in [1.82, 2.24) is 0 Å². The zero-order valence-corrected chi connectivity index (χ0v) is 7.15. The van der Waals surface area contributed by atoms with E-state index < -0.39 is 23.9 Å². The predicted octanol–water partition coefficient (Wildman–Crippen LogP) is 1.13. The van der Waals surface area contributed by atoms with E-state index in [9.17, 15) is 13.6 Å². The molecular weight excluding hydrogens is 194 g/mol. The molecule has 6 heteroatoms. The zero-order chi connectivity index (χ0) is 9.78. The fraction of sp³-hybridized carbons (Fsp3) is 0.833. The smallest absolute Gasteiger partial charge is 0.347 e. The highest BCUT2D eigenvalue weighted by Gasteiger charge is 2.37. The van der Waals surface area contributed by atoms with Gasteiger partial charge in [-0.15, -0.1) is 0 Å². The number of hydrogen-bond donors (Lipinski definition) is 1. The third kappa shape index (κ3) is 4.46. The first-order valence-electron chi connectivity index (χ1n) is 3.28. The number of carbonyl (C=O) groups is 1. The number of aliphatic hydroxyl groups excluding tert-OH is 1. The summed E-state index contributed by atoms with van der Waals surface area (Å²) in [5.74, 6) is -0.898. The highest BCUT2D eigenvalue weighted by atomic mass is 35.5. The summed E-state index contributed by atoms with van der Waals surface area (Å²) in [7, 11) is 0. The maximum atomic E-state index is 12.0. The molecule has 0 saturated heterocycles. The lowest BCUT2D eigenvalue weighted by atomic mass is 10.2. The minimum Gasteiger partial charge on any atom is -0.466 e. The van der Waals surface area contributed by atoms with Crippen LogP contribution in [0.4, 0.5) is 8.78 Å². The van der Waals surface area contributed by atoms with Gasteiger partial charge in [0.05, 0.1) is 13.0 Å². The Morgan fingerprint density at radius 3 is 2.58 bits per heavy atom. The first kappa shape index (κ1) is 11.6. The molecule has 0 radical (unpaired) electrons. The van der Waals surface area contributed by atoms with Crippen LogP contribution in [0.3, 0.4) is 0 Å². The van der Waals surface area contributed by atoms with Gasteiger partial charge in [-0.25, -0.2) is 0 Å². The van der Waals surface area contributed by atoms with Crippen LogP contribution in [0.1, 0.15) is 13.3 Å². The van der Waals surface area contributed by atoms with Crippen molar-refractivity contribution >= 4 is 17.6 Å². The number of ether oxygens (including phenoxy) is 1. The van der Waals surface area contributed by atoms with E-state index in [1.165, 1.54) is 6.92 Å². The molecular formula is C6H9ClF2O3. The van der Waals surface area contributed by atoms with Crippen LogP contribution < -0.4 is 0 Å². The summed E-state index contributed by atoms with van der Waals surface area (Å²) < 4.78 is 28.4. The molecule has 1 N–H and O–H groups in total. The van der Waals surface area contributed by atoms with Crippen LogP contribution in [0.25, 0.3) is 0 Å². The summed E-state index contributed by atoms with van der Waals surface area (Å²) in [5, 5.41) is 4.82. The molecule has 0 aliphatic rings. The Balaban J connectivity index is 3.84. The minimum absolute atomic E-state index is 0.0827. The lowest BCUT2D eigenvalue weighted by molar-refractivity contribution is -0.149. The Labute approximate surface area is 73.3 Å². The van der Waals surface area contributed by atoms with Gasteiger partial charge < -0.3 is 9.84 Å². The quantitative estimate of drug-likeness (QED) is 0.549. The number of carbonyl (C=O) groups excluding carboxylic acids is 1. The summed E-state index contributed by atoms with van der Waals surface area (Å²) in [6.07, 6.45) is -3.00. The standard InChI is InChI=1S/C6H9ClF2O3/c1-2-12-5(11)3-4(10)6(7,8)9/h4,10H,2-3H2,1H3/t4-/m1/s1. The van der Waals surface area contributed by atoms with E-state index in [2.05, 4.69) is 16.3 Å². The van der Waals surface area contributed by atoms with Crippen LogP contribution in [0.5, 0.6) is 0 Å². The largest absolute Gasteiger partial charge is 0.466 e. The number of hydrogen-bond acceptors (Lipinski definition) is 3. The molecule has 0 heterocycles. The molecule has 0 unspecified atom stereocenters. The van der Waals surface area contributed by atoms with Gasteiger partial charge in [0.2, 0.25) is 0 Å². The topological polar surface area (TPSA) is 46.5 Å². The summed E-state index contributed by atoms with van der Waals surface area (Å²) in [4.78, 5) is 10.5. The fourth-order valence-corrected chi connectivity index (χ4v) is 0.571. The third-order valence-corrected chi connectivity index (χ3v) is 1.30. The van der Waals surface area contributed by atoms with Gasteiger partial charge >= 0.3 is 11.4 Å². The van der Waals surface area contributed by atoms with Crippen LogP contribution in [0, 0.1) is 0 Å². The highest BCUT2D eigenvalue weighted by Crippen LogP contribution is 2.25. The maximum Gasteiger partial charge on any atom is 0.347 e. The van der Waals surface area contributed by atoms with E-state index in [0.717, 1.165) is 0 Å². The number of alkyl halides is 3. The van der Waals surface area contributed by atoms with Gasteiger partial charge in [0.25, 0.3) is 0 Å². The van der Waals surface area contributed by atoms with E-state index >= 15 is 0 Å². The van der Waals surface area contributed by atoms with Crippen LogP contribution in [0.2, 0.25) is 0 Å². The molecule has 0 rings (SSSR count). The monoisotopic (exact) mass is 202 g/mol. The number of esters is 1. The first-order chi connectivity index (χ1) is 5.38. The second-order valence-electron chi connectivity index (χ2n) is 2.07. The number of aliphatic hydroxyl groups is 1. The van der Waals surface area contributed by atoms with Crippen LogP contribution in [0.15, 0.2) is 0 Å². The van der Waals surface area contributed by atoms with Gasteiger partial charge in [-0.1, -0.05) is 0 Å². The highest BCUT2D eigenvalue weighted by molar-refractivity contribution is 6.22. The number of rotatable bonds is 4. The van der Waals surface area contributed by atoms with Crippen molar-refractivity contribution in [3.8, 4) is 0 Å². The van der Waals surface area contributed by atoms with E-state index in [0.29, 0.717) is 0 Å². The van der Waals surface area contributed by atoms with Gasteiger partial charge in [-0.05, 0) is 18.5 Å². The summed E-state index contributed by atoms with van der Waals surface area (Å²) in [5.41, 5.74) is 0. The summed E-state index contributed by atoms with van der Waals surface area (Å²) in [6, 6.07) is 0. The van der Waals surface area contributed by atoms with E-state index in [4.69, 9.17) is 5.11 Å². The molecule has 0 fully saturated rings. The predicted molar refractivity (Wildman–Crippen MR) is 38.1 cm³/mol. The molecule has 0 aliphatic heterocycles. The molecule has 12 heavy (non-hydrogen) atoms. The molecule has 1 atom stereocenters. The lowest BCUT2D eigenvalue weighted by Gasteiger charge is -2.14. The van der Waals surface area contributed by atoms with Crippen LogP contribution >= 0.6 is 11.6 Å². The molecule has 0 aromatic rings. The molecule has 0 aromatic carbocycles. The van der Waals surface area contributed by atoms with Crippen molar-refractivity contribution in [3.05, 3.63) is 0 Å². The molecule has 72 valence electrons. The second-order valence-corrected chi connectivity index (χ2v) is 2.57. The average molecular weight is 203 g/mol. The molecule has 3 nitrogen and oxygen atoms in total. The van der Waals surface area contributed by atoms with E-state index in [-0.39, 0.29) is 6.61 Å². The van der Waals surface area contributed by atoms with Gasteiger partial charge in [0.15, 0.2) is 0 Å².